The second kappa shape index (κ2) is 55.2. The van der Waals surface area contributed by atoms with Gasteiger partial charge in [0.1, 0.15) is 13.2 Å². The van der Waals surface area contributed by atoms with E-state index in [0.29, 0.717) is 23.9 Å². The zero-order chi connectivity index (χ0) is 53.4. The first-order valence-electron chi connectivity index (χ1n) is 30.5. The number of likely N-dealkylation sites (N-methyl/N-ethyl adjacent to an activating group) is 1. The van der Waals surface area contributed by atoms with E-state index in [1.54, 1.807) is 0 Å². The summed E-state index contributed by atoms with van der Waals surface area (Å²) in [5.74, 6) is -2.00. The molecule has 0 spiro atoms. The first-order valence-corrected chi connectivity index (χ1v) is 30.5. The Balaban J connectivity index is 4.22. The Morgan fingerprint density at radius 1 is 0.425 bits per heavy atom. The van der Waals surface area contributed by atoms with E-state index < -0.39 is 24.3 Å². The highest BCUT2D eigenvalue weighted by Gasteiger charge is 2.25. The van der Waals surface area contributed by atoms with Gasteiger partial charge < -0.3 is 28.5 Å². The molecule has 424 valence electrons. The lowest BCUT2D eigenvalue weighted by atomic mass is 10.0. The lowest BCUT2D eigenvalue weighted by Gasteiger charge is -2.25. The van der Waals surface area contributed by atoms with Crippen molar-refractivity contribution in [1.29, 1.82) is 0 Å². The molecule has 2 atom stereocenters. The zero-order valence-corrected chi connectivity index (χ0v) is 48.3. The van der Waals surface area contributed by atoms with Crippen LogP contribution in [0.15, 0.2) is 60.8 Å². The van der Waals surface area contributed by atoms with Crippen molar-refractivity contribution in [1.82, 2.24) is 0 Å². The van der Waals surface area contributed by atoms with Gasteiger partial charge in [0.2, 0.25) is 0 Å². The first kappa shape index (κ1) is 70.0. The van der Waals surface area contributed by atoms with Gasteiger partial charge in [-0.15, -0.1) is 0 Å². The molecule has 0 bridgehead atoms. The summed E-state index contributed by atoms with van der Waals surface area (Å²) in [4.78, 5) is 37.5. The number of ether oxygens (including phenoxy) is 4. The molecule has 9 nitrogen and oxygen atoms in total. The Kier molecular flexibility index (Phi) is 53.0. The number of nitrogens with zero attached hydrogens (tertiary/aromatic N) is 1. The average molecular weight is 1030 g/mol. The molecule has 0 saturated carbocycles. The Bertz CT molecular complexity index is 1380. The average Bonchev–Trinajstić information content (AvgIpc) is 3.36. The Hall–Kier alpha value is -3.01. The number of esters is 2. The molecule has 0 aromatic heterocycles. The van der Waals surface area contributed by atoms with Gasteiger partial charge >= 0.3 is 17.9 Å². The van der Waals surface area contributed by atoms with E-state index in [9.17, 15) is 19.5 Å². The van der Waals surface area contributed by atoms with Crippen LogP contribution in [0.5, 0.6) is 0 Å². The number of carbonyl (C=O) groups is 3. The number of carbonyl (C=O) groups excluding carboxylic acids is 2. The summed E-state index contributed by atoms with van der Waals surface area (Å²) in [6.45, 7) is 4.79. The van der Waals surface area contributed by atoms with Crippen molar-refractivity contribution in [3.8, 4) is 0 Å². The van der Waals surface area contributed by atoms with E-state index in [2.05, 4.69) is 74.6 Å². The predicted octanol–water partition coefficient (Wildman–Crippen LogP) is 18.0. The van der Waals surface area contributed by atoms with Gasteiger partial charge in [-0.05, 0) is 57.8 Å². The minimum atomic E-state index is -1.51. The Labute approximate surface area is 450 Å². The van der Waals surface area contributed by atoms with E-state index in [1.807, 2.05) is 21.1 Å². The summed E-state index contributed by atoms with van der Waals surface area (Å²) in [6.07, 6.45) is 67.3. The molecule has 2 unspecified atom stereocenters. The maximum atomic E-state index is 12.9. The zero-order valence-electron chi connectivity index (χ0n) is 48.3. The summed E-state index contributed by atoms with van der Waals surface area (Å²) in [7, 11) is 5.97. The van der Waals surface area contributed by atoms with Crippen LogP contribution in [0.2, 0.25) is 0 Å². The van der Waals surface area contributed by atoms with Crippen molar-refractivity contribution in [2.24, 2.45) is 0 Å². The largest absolute Gasteiger partial charge is 0.477 e. The van der Waals surface area contributed by atoms with E-state index in [1.165, 1.54) is 161 Å². The van der Waals surface area contributed by atoms with Crippen LogP contribution < -0.4 is 0 Å². The number of rotatable bonds is 56. The van der Waals surface area contributed by atoms with Gasteiger partial charge in [-0.2, -0.15) is 0 Å². The number of unbranched alkanes of at least 4 members (excludes halogenated alkanes) is 31. The third-order valence-electron chi connectivity index (χ3n) is 13.3. The fraction of sp³-hybridized carbons (Fsp3) is 0.797. The maximum Gasteiger partial charge on any atom is 0.361 e. The highest BCUT2D eigenvalue weighted by molar-refractivity contribution is 5.71. The smallest absolute Gasteiger partial charge is 0.361 e. The number of hydrogen-bond donors (Lipinski definition) is 1. The van der Waals surface area contributed by atoms with Gasteiger partial charge in [0, 0.05) is 12.8 Å². The Morgan fingerprint density at radius 3 is 1.16 bits per heavy atom. The van der Waals surface area contributed by atoms with E-state index in [4.69, 9.17) is 18.9 Å². The number of quaternary nitrogens is 1. The van der Waals surface area contributed by atoms with E-state index in [0.717, 1.165) is 77.0 Å². The van der Waals surface area contributed by atoms with Gasteiger partial charge in [0.05, 0.1) is 34.4 Å². The monoisotopic (exact) mass is 1030 g/mol. The molecule has 0 aliphatic heterocycles. The molecule has 0 aliphatic rings. The van der Waals surface area contributed by atoms with Crippen molar-refractivity contribution in [3.63, 3.8) is 0 Å². The fourth-order valence-electron chi connectivity index (χ4n) is 8.63. The van der Waals surface area contributed by atoms with Crippen molar-refractivity contribution in [2.45, 2.75) is 283 Å². The number of allylic oxidation sites excluding steroid dienone is 10. The van der Waals surface area contributed by atoms with Crippen molar-refractivity contribution in [2.75, 3.05) is 47.5 Å². The topological polar surface area (TPSA) is 108 Å². The molecule has 0 aromatic rings. The minimum absolute atomic E-state index is 0.183. The van der Waals surface area contributed by atoms with Crippen LogP contribution in [-0.4, -0.2) is 87.4 Å². The third kappa shape index (κ3) is 56.6. The standard InChI is InChI=1S/C64H115NO8/c1-6-8-10-12-14-16-18-20-22-24-26-28-30-31-33-35-37-39-41-43-45-47-49-51-53-55-62(67)73-60(59-72-64(63(68)69)70-57-56-65(3,4)5)58-71-61(66)54-52-50-48-46-44-42-40-38-36-34-32-29-27-25-23-21-19-17-15-13-11-9-7-2/h8,10,14,16,20,22,26,28,31,33,60,64H,6-7,9,11-13,15,17-19,21,23-25,27,29-30,32,34-59H2,1-5H3/p+1/b10-8-,16-14-,22-20-,28-26-,33-31-. The molecule has 0 heterocycles. The van der Waals surface area contributed by atoms with Gasteiger partial charge in [0.25, 0.3) is 6.29 Å². The number of carboxylic acids is 1. The molecular formula is C64H116NO8+. The lowest BCUT2D eigenvalue weighted by Crippen LogP contribution is -2.40. The van der Waals surface area contributed by atoms with Crippen LogP contribution in [0.4, 0.5) is 0 Å². The van der Waals surface area contributed by atoms with Gasteiger partial charge in [-0.3, -0.25) is 9.59 Å². The third-order valence-corrected chi connectivity index (χ3v) is 13.3. The van der Waals surface area contributed by atoms with Gasteiger partial charge in [-0.25, -0.2) is 4.79 Å². The van der Waals surface area contributed by atoms with Crippen LogP contribution in [0.3, 0.4) is 0 Å². The molecule has 0 fully saturated rings. The van der Waals surface area contributed by atoms with Crippen molar-refractivity contribution < 1.29 is 42.9 Å². The summed E-state index contributed by atoms with van der Waals surface area (Å²) in [6, 6.07) is 0. The highest BCUT2D eigenvalue weighted by Crippen LogP contribution is 2.17. The summed E-state index contributed by atoms with van der Waals surface area (Å²) in [5.41, 5.74) is 0. The maximum absolute atomic E-state index is 12.9. The molecule has 1 N–H and O–H groups in total. The van der Waals surface area contributed by atoms with E-state index >= 15 is 0 Å². The van der Waals surface area contributed by atoms with Gasteiger partial charge in [0.15, 0.2) is 6.10 Å². The van der Waals surface area contributed by atoms with Crippen molar-refractivity contribution >= 4 is 17.9 Å². The summed E-state index contributed by atoms with van der Waals surface area (Å²) in [5, 5.41) is 9.71. The predicted molar refractivity (Wildman–Crippen MR) is 309 cm³/mol. The van der Waals surface area contributed by atoms with Crippen LogP contribution >= 0.6 is 0 Å². The number of hydrogen-bond acceptors (Lipinski definition) is 7. The minimum Gasteiger partial charge on any atom is -0.477 e. The molecule has 0 aromatic carbocycles. The molecule has 0 amide bonds. The van der Waals surface area contributed by atoms with Crippen LogP contribution in [0.1, 0.15) is 271 Å². The molecule has 0 saturated heterocycles. The Morgan fingerprint density at radius 2 is 0.781 bits per heavy atom. The fourth-order valence-corrected chi connectivity index (χ4v) is 8.63. The number of carboxylic acid groups (broad SMARTS) is 1. The normalized spacial score (nSPS) is 13.2. The quantitative estimate of drug-likeness (QED) is 0.0211. The summed E-state index contributed by atoms with van der Waals surface area (Å²) < 4.78 is 22.9. The highest BCUT2D eigenvalue weighted by atomic mass is 16.7. The molecule has 0 aliphatic carbocycles. The van der Waals surface area contributed by atoms with Crippen LogP contribution in [0.25, 0.3) is 0 Å². The van der Waals surface area contributed by atoms with E-state index in [-0.39, 0.29) is 32.2 Å². The van der Waals surface area contributed by atoms with Crippen LogP contribution in [0, 0.1) is 0 Å². The van der Waals surface area contributed by atoms with Crippen LogP contribution in [-0.2, 0) is 33.3 Å². The molecule has 9 heteroatoms. The molecule has 73 heavy (non-hydrogen) atoms. The molecular weight excluding hydrogens is 911 g/mol. The van der Waals surface area contributed by atoms with Crippen molar-refractivity contribution in [3.05, 3.63) is 60.8 Å². The number of aliphatic carboxylic acids is 1. The summed E-state index contributed by atoms with van der Waals surface area (Å²) >= 11 is 0. The second-order valence-corrected chi connectivity index (χ2v) is 21.6. The second-order valence-electron chi connectivity index (χ2n) is 21.6. The SMILES string of the molecule is CC/C=C\C/C=C\C/C=C\C/C=C\C/C=C\CCCCCCCCCCCC(=O)OC(COC(=O)CCCCCCCCCCCCCCCCCCCCCCCCC)COC(OCC[N+](C)(C)C)C(=O)O. The molecule has 0 radical (unpaired) electrons. The lowest BCUT2D eigenvalue weighted by molar-refractivity contribution is -0.870. The molecule has 0 rings (SSSR count). The first-order chi connectivity index (χ1) is 35.6. The van der Waals surface area contributed by atoms with Gasteiger partial charge in [-0.1, -0.05) is 261 Å².